The number of halogens is 1. The number of hydrogen-bond donors (Lipinski definition) is 1. The van der Waals surface area contributed by atoms with Gasteiger partial charge in [-0.1, -0.05) is 11.6 Å². The van der Waals surface area contributed by atoms with Crippen molar-refractivity contribution >= 4 is 33.2 Å². The van der Waals surface area contributed by atoms with Gasteiger partial charge >= 0.3 is 0 Å². The number of amides is 1. The maximum absolute atomic E-state index is 12.5. The van der Waals surface area contributed by atoms with Crippen molar-refractivity contribution in [3.8, 4) is 5.75 Å². The molecule has 1 amide bonds. The van der Waals surface area contributed by atoms with Crippen molar-refractivity contribution < 1.29 is 17.9 Å². The fourth-order valence-electron chi connectivity index (χ4n) is 1.95. The molecule has 2 aromatic rings. The summed E-state index contributed by atoms with van der Waals surface area (Å²) in [6, 6.07) is 10.8. The second-order valence-corrected chi connectivity index (χ2v) is 7.74. The second-order valence-electron chi connectivity index (χ2n) is 5.62. The number of sulfonamides is 1. The van der Waals surface area contributed by atoms with Gasteiger partial charge < -0.3 is 9.64 Å². The molecule has 0 unspecified atom stereocenters. The van der Waals surface area contributed by atoms with Gasteiger partial charge in [-0.25, -0.2) is 8.42 Å². The van der Waals surface area contributed by atoms with Gasteiger partial charge in [0.2, 0.25) is 0 Å². The molecule has 0 fully saturated rings. The van der Waals surface area contributed by atoms with Crippen molar-refractivity contribution in [2.75, 3.05) is 25.4 Å². The molecule has 0 atom stereocenters. The molecule has 25 heavy (non-hydrogen) atoms. The lowest BCUT2D eigenvalue weighted by molar-refractivity contribution is -0.130. The third-order valence-corrected chi connectivity index (χ3v) is 5.03. The van der Waals surface area contributed by atoms with Crippen LogP contribution in [0.3, 0.4) is 0 Å². The topological polar surface area (TPSA) is 75.7 Å². The van der Waals surface area contributed by atoms with E-state index in [2.05, 4.69) is 4.72 Å². The van der Waals surface area contributed by atoms with E-state index in [9.17, 15) is 13.2 Å². The van der Waals surface area contributed by atoms with Crippen LogP contribution in [0.15, 0.2) is 47.4 Å². The average Bonchev–Trinajstić information content (AvgIpc) is 2.55. The SMILES string of the molecule is Cc1cc(S(=O)(=O)Nc2ccc(Cl)cc2)ccc1OCC(=O)N(C)C. The molecule has 2 rings (SSSR count). The Balaban J connectivity index is 2.15. The number of nitrogens with zero attached hydrogens (tertiary/aromatic N) is 1. The molecular formula is C17H19ClN2O4S. The minimum Gasteiger partial charge on any atom is -0.483 e. The molecule has 0 bridgehead atoms. The number of benzene rings is 2. The van der Waals surface area contributed by atoms with Crippen LogP contribution in [0.1, 0.15) is 5.56 Å². The fraction of sp³-hybridized carbons (Fsp3) is 0.235. The van der Waals surface area contributed by atoms with Crippen LogP contribution in [0.25, 0.3) is 0 Å². The number of carbonyl (C=O) groups excluding carboxylic acids is 1. The van der Waals surface area contributed by atoms with Crippen molar-refractivity contribution in [3.05, 3.63) is 53.1 Å². The smallest absolute Gasteiger partial charge is 0.261 e. The predicted octanol–water partition coefficient (Wildman–Crippen LogP) is 2.92. The largest absolute Gasteiger partial charge is 0.483 e. The fourth-order valence-corrected chi connectivity index (χ4v) is 3.22. The Hall–Kier alpha value is -2.25. The molecule has 1 N–H and O–H groups in total. The van der Waals surface area contributed by atoms with Gasteiger partial charge in [-0.05, 0) is 55.0 Å². The number of aryl methyl sites for hydroxylation is 1. The van der Waals surface area contributed by atoms with Crippen molar-refractivity contribution in [2.24, 2.45) is 0 Å². The summed E-state index contributed by atoms with van der Waals surface area (Å²) in [5, 5.41) is 0.521. The highest BCUT2D eigenvalue weighted by atomic mass is 35.5. The van der Waals surface area contributed by atoms with Gasteiger partial charge in [-0.15, -0.1) is 0 Å². The van der Waals surface area contributed by atoms with E-state index in [1.54, 1.807) is 45.3 Å². The van der Waals surface area contributed by atoms with Gasteiger partial charge in [0, 0.05) is 24.8 Å². The van der Waals surface area contributed by atoms with Crippen LogP contribution < -0.4 is 9.46 Å². The van der Waals surface area contributed by atoms with Crippen LogP contribution in [0.2, 0.25) is 5.02 Å². The summed E-state index contributed by atoms with van der Waals surface area (Å²) < 4.78 is 32.8. The van der Waals surface area contributed by atoms with Crippen LogP contribution in [-0.4, -0.2) is 39.9 Å². The first-order chi connectivity index (χ1) is 11.7. The first-order valence-corrected chi connectivity index (χ1v) is 9.27. The molecule has 134 valence electrons. The van der Waals surface area contributed by atoms with Crippen LogP contribution in [0, 0.1) is 6.92 Å². The highest BCUT2D eigenvalue weighted by molar-refractivity contribution is 7.92. The van der Waals surface area contributed by atoms with Gasteiger partial charge in [0.25, 0.3) is 15.9 Å². The lowest BCUT2D eigenvalue weighted by Crippen LogP contribution is -2.27. The minimum atomic E-state index is -3.73. The number of nitrogens with one attached hydrogen (secondary N) is 1. The highest BCUT2D eigenvalue weighted by Crippen LogP contribution is 2.24. The van der Waals surface area contributed by atoms with E-state index in [1.165, 1.54) is 23.1 Å². The average molecular weight is 383 g/mol. The van der Waals surface area contributed by atoms with Gasteiger partial charge in [0.05, 0.1) is 4.90 Å². The van der Waals surface area contributed by atoms with Crippen molar-refractivity contribution in [1.82, 2.24) is 4.90 Å². The summed E-state index contributed by atoms with van der Waals surface area (Å²) in [7, 11) is -0.463. The van der Waals surface area contributed by atoms with Crippen molar-refractivity contribution in [1.29, 1.82) is 0 Å². The molecule has 8 heteroatoms. The number of anilines is 1. The van der Waals surface area contributed by atoms with Crippen LogP contribution in [-0.2, 0) is 14.8 Å². The minimum absolute atomic E-state index is 0.103. The predicted molar refractivity (Wildman–Crippen MR) is 97.6 cm³/mol. The number of ether oxygens (including phenoxy) is 1. The van der Waals surface area contributed by atoms with E-state index < -0.39 is 10.0 Å². The maximum atomic E-state index is 12.5. The molecule has 0 aliphatic heterocycles. The standard InChI is InChI=1S/C17H19ClN2O4S/c1-12-10-15(8-9-16(12)24-11-17(21)20(2)3)25(22,23)19-14-6-4-13(18)5-7-14/h4-10,19H,11H2,1-3H3. The zero-order chi connectivity index (χ0) is 18.6. The Morgan fingerprint density at radius 1 is 1.16 bits per heavy atom. The zero-order valence-corrected chi connectivity index (χ0v) is 15.7. The molecular weight excluding hydrogens is 364 g/mol. The normalized spacial score (nSPS) is 11.0. The summed E-state index contributed by atoms with van der Waals surface area (Å²) in [6.45, 7) is 1.61. The van der Waals surface area contributed by atoms with Gasteiger partial charge in [0.1, 0.15) is 5.75 Å². The van der Waals surface area contributed by atoms with E-state index in [4.69, 9.17) is 16.3 Å². The van der Waals surface area contributed by atoms with Crippen molar-refractivity contribution in [3.63, 3.8) is 0 Å². The van der Waals surface area contributed by atoms with Gasteiger partial charge in [-0.3, -0.25) is 9.52 Å². The van der Waals surface area contributed by atoms with Gasteiger partial charge in [-0.2, -0.15) is 0 Å². The summed E-state index contributed by atoms with van der Waals surface area (Å²) in [5.41, 5.74) is 1.03. The molecule has 0 aromatic heterocycles. The molecule has 0 aliphatic carbocycles. The van der Waals surface area contributed by atoms with Crippen molar-refractivity contribution in [2.45, 2.75) is 11.8 Å². The number of carbonyl (C=O) groups is 1. The molecule has 0 saturated carbocycles. The number of hydrogen-bond acceptors (Lipinski definition) is 4. The summed E-state index contributed by atoms with van der Waals surface area (Å²) >= 11 is 5.79. The highest BCUT2D eigenvalue weighted by Gasteiger charge is 2.16. The Labute approximate surface area is 152 Å². The molecule has 0 radical (unpaired) electrons. The molecule has 0 spiro atoms. The zero-order valence-electron chi connectivity index (χ0n) is 14.1. The lowest BCUT2D eigenvalue weighted by atomic mass is 10.2. The van der Waals surface area contributed by atoms with Crippen LogP contribution >= 0.6 is 11.6 Å². The first-order valence-electron chi connectivity index (χ1n) is 7.41. The van der Waals surface area contributed by atoms with E-state index in [0.29, 0.717) is 22.0 Å². The Kier molecular flexibility index (Phi) is 5.92. The molecule has 6 nitrogen and oxygen atoms in total. The molecule has 0 aliphatic rings. The maximum Gasteiger partial charge on any atom is 0.261 e. The Morgan fingerprint density at radius 3 is 2.36 bits per heavy atom. The Bertz CT molecular complexity index is 865. The van der Waals surface area contributed by atoms with E-state index in [1.807, 2.05) is 0 Å². The molecule has 2 aromatic carbocycles. The molecule has 0 saturated heterocycles. The quantitative estimate of drug-likeness (QED) is 0.833. The third-order valence-electron chi connectivity index (χ3n) is 3.40. The summed E-state index contributed by atoms with van der Waals surface area (Å²) in [5.74, 6) is 0.279. The third kappa shape index (κ3) is 5.11. The van der Waals surface area contributed by atoms with Crippen LogP contribution in [0.4, 0.5) is 5.69 Å². The number of rotatable bonds is 6. The van der Waals surface area contributed by atoms with Crippen LogP contribution in [0.5, 0.6) is 5.75 Å². The van der Waals surface area contributed by atoms with E-state index in [0.717, 1.165) is 0 Å². The first kappa shape index (κ1) is 19.1. The van der Waals surface area contributed by atoms with Gasteiger partial charge in [0.15, 0.2) is 6.61 Å². The number of likely N-dealkylation sites (N-methyl/N-ethyl adjacent to an activating group) is 1. The monoisotopic (exact) mass is 382 g/mol. The van der Waals surface area contributed by atoms with E-state index >= 15 is 0 Å². The Morgan fingerprint density at radius 2 is 1.80 bits per heavy atom. The summed E-state index contributed by atoms with van der Waals surface area (Å²) in [4.78, 5) is 13.1. The second kappa shape index (κ2) is 7.76. The lowest BCUT2D eigenvalue weighted by Gasteiger charge is -2.14. The molecule has 0 heterocycles. The summed E-state index contributed by atoms with van der Waals surface area (Å²) in [6.07, 6.45) is 0. The van der Waals surface area contributed by atoms with E-state index in [-0.39, 0.29) is 17.4 Å².